The van der Waals surface area contributed by atoms with Crippen LogP contribution in [0.3, 0.4) is 0 Å². The lowest BCUT2D eigenvalue weighted by molar-refractivity contribution is 0.0622. The van der Waals surface area contributed by atoms with Gasteiger partial charge in [0.2, 0.25) is 0 Å². The Hall–Kier alpha value is -3.88. The van der Waals surface area contributed by atoms with Crippen molar-refractivity contribution in [2.24, 2.45) is 0 Å². The minimum absolute atomic E-state index is 0.147. The molecule has 31 heavy (non-hydrogen) atoms. The van der Waals surface area contributed by atoms with Crippen molar-refractivity contribution < 1.29 is 19.4 Å². The second-order valence-corrected chi connectivity index (χ2v) is 7.14. The van der Waals surface area contributed by atoms with E-state index in [1.807, 2.05) is 48.5 Å². The first-order valence-corrected chi connectivity index (χ1v) is 10.0. The minimum atomic E-state index is -0.813. The second-order valence-electron chi connectivity index (χ2n) is 7.14. The highest BCUT2D eigenvalue weighted by atomic mass is 16.5. The molecule has 0 aliphatic carbocycles. The molecule has 1 aliphatic rings. The lowest BCUT2D eigenvalue weighted by atomic mass is 10.0. The van der Waals surface area contributed by atoms with E-state index in [1.54, 1.807) is 30.3 Å². The first-order chi connectivity index (χ1) is 15.1. The Labute approximate surface area is 180 Å². The Balaban J connectivity index is 1.35. The maximum Gasteiger partial charge on any atom is 0.261 e. The molecule has 0 saturated heterocycles. The molecule has 4 rings (SSSR count). The average Bonchev–Trinajstić information content (AvgIpc) is 3.06. The fourth-order valence-corrected chi connectivity index (χ4v) is 3.46. The predicted octanol–water partition coefficient (Wildman–Crippen LogP) is 3.84. The third-order valence-electron chi connectivity index (χ3n) is 5.06. The van der Waals surface area contributed by atoms with Crippen molar-refractivity contribution in [2.45, 2.75) is 12.5 Å². The normalized spacial score (nSPS) is 13.4. The molecule has 0 radical (unpaired) electrons. The number of benzene rings is 3. The highest BCUT2D eigenvalue weighted by Crippen LogP contribution is 2.25. The number of imide groups is 1. The number of para-hydroxylation sites is 1. The van der Waals surface area contributed by atoms with Crippen LogP contribution in [0.5, 0.6) is 5.75 Å². The second kappa shape index (κ2) is 9.29. The maximum atomic E-state index is 12.5. The van der Waals surface area contributed by atoms with E-state index in [1.165, 1.54) is 4.90 Å². The highest BCUT2D eigenvalue weighted by Gasteiger charge is 2.34. The van der Waals surface area contributed by atoms with Crippen molar-refractivity contribution in [1.29, 1.82) is 0 Å². The van der Waals surface area contributed by atoms with Gasteiger partial charge in [0, 0.05) is 12.1 Å². The summed E-state index contributed by atoms with van der Waals surface area (Å²) in [6.45, 7) is 0.408. The number of ether oxygens (including phenoxy) is 1. The van der Waals surface area contributed by atoms with Crippen LogP contribution in [0.2, 0.25) is 0 Å². The van der Waals surface area contributed by atoms with E-state index in [9.17, 15) is 14.7 Å². The smallest absolute Gasteiger partial charge is 0.261 e. The molecule has 1 aliphatic heterocycles. The van der Waals surface area contributed by atoms with Gasteiger partial charge in [0.1, 0.15) is 12.4 Å². The number of aliphatic hydroxyl groups is 1. The lowest BCUT2D eigenvalue weighted by Gasteiger charge is -2.17. The molecule has 1 atom stereocenters. The summed E-state index contributed by atoms with van der Waals surface area (Å²) in [5, 5.41) is 10.6. The van der Waals surface area contributed by atoms with E-state index in [0.29, 0.717) is 16.7 Å². The molecule has 5 nitrogen and oxygen atoms in total. The monoisotopic (exact) mass is 411 g/mol. The topological polar surface area (TPSA) is 66.8 Å². The summed E-state index contributed by atoms with van der Waals surface area (Å²) in [6.07, 6.45) is -0.564. The molecule has 0 aromatic heterocycles. The van der Waals surface area contributed by atoms with Gasteiger partial charge >= 0.3 is 0 Å². The van der Waals surface area contributed by atoms with E-state index in [0.717, 1.165) is 11.3 Å². The molecule has 154 valence electrons. The van der Waals surface area contributed by atoms with Crippen LogP contribution in [0.25, 0.3) is 0 Å². The van der Waals surface area contributed by atoms with Gasteiger partial charge in [0.05, 0.1) is 17.2 Å². The van der Waals surface area contributed by atoms with Crippen LogP contribution in [0.1, 0.15) is 44.4 Å². The van der Waals surface area contributed by atoms with Crippen molar-refractivity contribution in [3.05, 3.63) is 101 Å². The van der Waals surface area contributed by atoms with Gasteiger partial charge in [-0.2, -0.15) is 0 Å². The number of fused-ring (bicyclic) bond motifs is 1. The Morgan fingerprint density at radius 2 is 1.55 bits per heavy atom. The van der Waals surface area contributed by atoms with Gasteiger partial charge in [-0.15, -0.1) is 0 Å². The summed E-state index contributed by atoms with van der Waals surface area (Å²) in [4.78, 5) is 26.1. The van der Waals surface area contributed by atoms with Crippen LogP contribution >= 0.6 is 0 Å². The van der Waals surface area contributed by atoms with E-state index >= 15 is 0 Å². The van der Waals surface area contributed by atoms with E-state index in [-0.39, 0.29) is 31.4 Å². The third-order valence-corrected chi connectivity index (χ3v) is 5.06. The SMILES string of the molecule is O=C1c2ccccc2C(=O)N1CC[C@@H](O)c1cccc(C#CCOc2ccccc2)c1. The largest absolute Gasteiger partial charge is 0.481 e. The van der Waals surface area contributed by atoms with Gasteiger partial charge in [0.25, 0.3) is 11.8 Å². The molecule has 1 heterocycles. The average molecular weight is 411 g/mol. The Bertz CT molecular complexity index is 1130. The van der Waals surface area contributed by atoms with Crippen LogP contribution in [-0.4, -0.2) is 35.0 Å². The quantitative estimate of drug-likeness (QED) is 0.494. The molecule has 5 heteroatoms. The number of rotatable bonds is 6. The van der Waals surface area contributed by atoms with Gasteiger partial charge < -0.3 is 9.84 Å². The molecule has 2 amide bonds. The molecule has 3 aromatic carbocycles. The summed E-state index contributed by atoms with van der Waals surface area (Å²) < 4.78 is 5.56. The zero-order chi connectivity index (χ0) is 21.6. The van der Waals surface area contributed by atoms with Crippen molar-refractivity contribution in [3.8, 4) is 17.6 Å². The fourth-order valence-electron chi connectivity index (χ4n) is 3.46. The number of hydrogen-bond acceptors (Lipinski definition) is 4. The summed E-state index contributed by atoms with van der Waals surface area (Å²) >= 11 is 0. The van der Waals surface area contributed by atoms with Crippen LogP contribution < -0.4 is 4.74 Å². The summed E-state index contributed by atoms with van der Waals surface area (Å²) in [5.74, 6) is 6.12. The number of hydrogen-bond donors (Lipinski definition) is 1. The Kier molecular flexibility index (Phi) is 6.11. The van der Waals surface area contributed by atoms with E-state index < -0.39 is 6.10 Å². The van der Waals surface area contributed by atoms with Crippen molar-refractivity contribution in [2.75, 3.05) is 13.2 Å². The standard InChI is InChI=1S/C26H21NO4/c28-24(15-16-27-25(29)22-13-4-5-14-23(22)26(27)30)20-10-6-8-19(18-20)9-7-17-31-21-11-2-1-3-12-21/h1-6,8,10-14,18,24,28H,15-17H2/t24-/m1/s1. The summed E-state index contributed by atoms with van der Waals surface area (Å²) in [7, 11) is 0. The van der Waals surface area contributed by atoms with Crippen molar-refractivity contribution in [3.63, 3.8) is 0 Å². The zero-order valence-corrected chi connectivity index (χ0v) is 16.8. The van der Waals surface area contributed by atoms with Gasteiger partial charge in [-0.25, -0.2) is 0 Å². The molecular weight excluding hydrogens is 390 g/mol. The van der Waals surface area contributed by atoms with Crippen LogP contribution in [0.15, 0.2) is 78.9 Å². The van der Waals surface area contributed by atoms with Crippen LogP contribution in [-0.2, 0) is 0 Å². The molecule has 0 bridgehead atoms. The van der Waals surface area contributed by atoms with E-state index in [4.69, 9.17) is 4.74 Å². The third kappa shape index (κ3) is 4.66. The fraction of sp³-hybridized carbons (Fsp3) is 0.154. The molecule has 0 saturated carbocycles. The van der Waals surface area contributed by atoms with Gasteiger partial charge in [-0.05, 0) is 48.4 Å². The van der Waals surface area contributed by atoms with Crippen LogP contribution in [0, 0.1) is 11.8 Å². The van der Waals surface area contributed by atoms with Gasteiger partial charge in [-0.1, -0.05) is 54.3 Å². The molecule has 1 N–H and O–H groups in total. The van der Waals surface area contributed by atoms with E-state index in [2.05, 4.69) is 11.8 Å². The number of aliphatic hydroxyl groups excluding tert-OH is 1. The lowest BCUT2D eigenvalue weighted by Crippen LogP contribution is -2.31. The van der Waals surface area contributed by atoms with Gasteiger partial charge in [0.15, 0.2) is 0 Å². The molecule has 0 spiro atoms. The molecule has 3 aromatic rings. The Morgan fingerprint density at radius 3 is 2.26 bits per heavy atom. The van der Waals surface area contributed by atoms with Gasteiger partial charge in [-0.3, -0.25) is 14.5 Å². The number of carbonyl (C=O) groups is 2. The summed E-state index contributed by atoms with van der Waals surface area (Å²) in [5.41, 5.74) is 2.27. The number of amides is 2. The first-order valence-electron chi connectivity index (χ1n) is 10.0. The highest BCUT2D eigenvalue weighted by molar-refractivity contribution is 6.21. The minimum Gasteiger partial charge on any atom is -0.481 e. The summed E-state index contributed by atoms with van der Waals surface area (Å²) in [6, 6.07) is 23.5. The maximum absolute atomic E-state index is 12.5. The molecular formula is C26H21NO4. The van der Waals surface area contributed by atoms with Crippen molar-refractivity contribution in [1.82, 2.24) is 4.90 Å². The molecule has 0 fully saturated rings. The zero-order valence-electron chi connectivity index (χ0n) is 16.8. The Morgan fingerprint density at radius 1 is 0.871 bits per heavy atom. The first kappa shape index (κ1) is 20.4. The molecule has 0 unspecified atom stereocenters. The number of carbonyl (C=O) groups excluding carboxylic acids is 2. The van der Waals surface area contributed by atoms with Crippen molar-refractivity contribution >= 4 is 11.8 Å². The predicted molar refractivity (Wildman–Crippen MR) is 117 cm³/mol. The van der Waals surface area contributed by atoms with Crippen LogP contribution in [0.4, 0.5) is 0 Å². The number of nitrogens with zero attached hydrogens (tertiary/aromatic N) is 1.